The molecule has 0 saturated carbocycles. The average Bonchev–Trinajstić information content (AvgIpc) is 2.98. The van der Waals surface area contributed by atoms with E-state index in [1.54, 1.807) is 0 Å². The topological polar surface area (TPSA) is 56.8 Å². The second-order valence-electron chi connectivity index (χ2n) is 5.46. The molecule has 2 heterocycles. The van der Waals surface area contributed by atoms with E-state index in [9.17, 15) is 4.79 Å². The molecule has 3 rings (SSSR count). The van der Waals surface area contributed by atoms with Gasteiger partial charge < -0.3 is 19.5 Å². The predicted octanol–water partition coefficient (Wildman–Crippen LogP) is 2.11. The minimum atomic E-state index is -0.344. The first-order valence-electron chi connectivity index (χ1n) is 7.54. The van der Waals surface area contributed by atoms with Crippen molar-refractivity contribution in [3.8, 4) is 0 Å². The molecule has 0 spiro atoms. The van der Waals surface area contributed by atoms with Gasteiger partial charge in [0.1, 0.15) is 6.10 Å². The number of alkyl carbamates (subject to hydrolysis) is 1. The van der Waals surface area contributed by atoms with Crippen LogP contribution in [0.2, 0.25) is 0 Å². The summed E-state index contributed by atoms with van der Waals surface area (Å²) in [5.74, 6) is 0.179. The Kier molecular flexibility index (Phi) is 4.72. The minimum Gasteiger partial charge on any atom is -0.446 e. The van der Waals surface area contributed by atoms with Gasteiger partial charge in [0.2, 0.25) is 0 Å². The average molecular weight is 291 g/mol. The van der Waals surface area contributed by atoms with E-state index in [0.29, 0.717) is 19.8 Å². The molecule has 1 aromatic carbocycles. The number of amides is 1. The van der Waals surface area contributed by atoms with Crippen LogP contribution in [0.15, 0.2) is 30.3 Å². The SMILES string of the molecule is O=C(NCCc1ccccc1)OC1CCOC2OCCC12. The quantitative estimate of drug-likeness (QED) is 0.923. The van der Waals surface area contributed by atoms with Crippen molar-refractivity contribution >= 4 is 6.09 Å². The van der Waals surface area contributed by atoms with Gasteiger partial charge in [-0.3, -0.25) is 0 Å². The molecule has 2 fully saturated rings. The molecule has 5 nitrogen and oxygen atoms in total. The molecule has 0 aromatic heterocycles. The third-order valence-electron chi connectivity index (χ3n) is 4.03. The van der Waals surface area contributed by atoms with Crippen LogP contribution >= 0.6 is 0 Å². The number of ether oxygens (including phenoxy) is 3. The molecule has 0 bridgehead atoms. The molecule has 1 amide bonds. The standard InChI is InChI=1S/C16H21NO4/c18-16(17-9-6-12-4-2-1-3-5-12)21-14-8-11-20-15-13(14)7-10-19-15/h1-5,13-15H,6-11H2,(H,17,18). The zero-order chi connectivity index (χ0) is 14.5. The van der Waals surface area contributed by atoms with Crippen molar-refractivity contribution in [2.45, 2.75) is 31.7 Å². The van der Waals surface area contributed by atoms with Gasteiger partial charge in [-0.1, -0.05) is 30.3 Å². The molecule has 0 radical (unpaired) electrons. The normalized spacial score (nSPS) is 27.9. The van der Waals surface area contributed by atoms with Crippen molar-refractivity contribution in [3.63, 3.8) is 0 Å². The van der Waals surface area contributed by atoms with Crippen LogP contribution in [-0.2, 0) is 20.6 Å². The zero-order valence-electron chi connectivity index (χ0n) is 12.0. The van der Waals surface area contributed by atoms with E-state index in [0.717, 1.165) is 19.3 Å². The van der Waals surface area contributed by atoms with E-state index in [2.05, 4.69) is 5.32 Å². The number of carbonyl (C=O) groups excluding carboxylic acids is 1. The minimum absolute atomic E-state index is 0.0945. The van der Waals surface area contributed by atoms with Gasteiger partial charge in [0.25, 0.3) is 0 Å². The largest absolute Gasteiger partial charge is 0.446 e. The number of nitrogens with one attached hydrogen (secondary N) is 1. The number of hydrogen-bond donors (Lipinski definition) is 1. The lowest BCUT2D eigenvalue weighted by Crippen LogP contribution is -2.42. The molecule has 2 saturated heterocycles. The maximum Gasteiger partial charge on any atom is 0.407 e. The second kappa shape index (κ2) is 6.91. The Morgan fingerprint density at radius 2 is 1.95 bits per heavy atom. The van der Waals surface area contributed by atoms with Gasteiger partial charge >= 0.3 is 6.09 Å². The fourth-order valence-corrected chi connectivity index (χ4v) is 2.91. The number of fused-ring (bicyclic) bond motifs is 1. The molecular formula is C16H21NO4. The summed E-state index contributed by atoms with van der Waals surface area (Å²) in [6, 6.07) is 10.1. The van der Waals surface area contributed by atoms with Gasteiger partial charge in [0.15, 0.2) is 6.29 Å². The van der Waals surface area contributed by atoms with Crippen LogP contribution in [0.5, 0.6) is 0 Å². The van der Waals surface area contributed by atoms with E-state index < -0.39 is 0 Å². The molecule has 21 heavy (non-hydrogen) atoms. The van der Waals surface area contributed by atoms with Crippen LogP contribution in [0, 0.1) is 5.92 Å². The molecule has 2 aliphatic heterocycles. The highest BCUT2D eigenvalue weighted by atomic mass is 16.7. The van der Waals surface area contributed by atoms with Crippen LogP contribution < -0.4 is 5.32 Å². The summed E-state index contributed by atoms with van der Waals surface area (Å²) in [6.07, 6.45) is 1.81. The van der Waals surface area contributed by atoms with Gasteiger partial charge in [0, 0.05) is 18.9 Å². The summed E-state index contributed by atoms with van der Waals surface area (Å²) in [5, 5.41) is 2.82. The lowest BCUT2D eigenvalue weighted by atomic mass is 9.96. The van der Waals surface area contributed by atoms with Crippen molar-refractivity contribution in [2.75, 3.05) is 19.8 Å². The van der Waals surface area contributed by atoms with Crippen LogP contribution in [-0.4, -0.2) is 38.2 Å². The van der Waals surface area contributed by atoms with Crippen LogP contribution in [0.3, 0.4) is 0 Å². The van der Waals surface area contributed by atoms with Crippen molar-refractivity contribution < 1.29 is 19.0 Å². The van der Waals surface area contributed by atoms with Gasteiger partial charge in [-0.05, 0) is 18.4 Å². The van der Waals surface area contributed by atoms with Gasteiger partial charge in [-0.25, -0.2) is 4.79 Å². The Morgan fingerprint density at radius 3 is 2.76 bits per heavy atom. The third-order valence-corrected chi connectivity index (χ3v) is 4.03. The first-order chi connectivity index (χ1) is 10.3. The van der Waals surface area contributed by atoms with Gasteiger partial charge in [0.05, 0.1) is 13.2 Å². The van der Waals surface area contributed by atoms with E-state index in [1.807, 2.05) is 30.3 Å². The van der Waals surface area contributed by atoms with Gasteiger partial charge in [-0.15, -0.1) is 0 Å². The Hall–Kier alpha value is -1.59. The number of carbonyl (C=O) groups is 1. The van der Waals surface area contributed by atoms with Crippen molar-refractivity contribution in [1.82, 2.24) is 5.32 Å². The predicted molar refractivity (Wildman–Crippen MR) is 76.8 cm³/mol. The fraction of sp³-hybridized carbons (Fsp3) is 0.562. The molecule has 0 aliphatic carbocycles. The maximum absolute atomic E-state index is 11.9. The van der Waals surface area contributed by atoms with E-state index in [4.69, 9.17) is 14.2 Å². The Balaban J connectivity index is 1.41. The summed E-state index contributed by atoms with van der Waals surface area (Å²) in [4.78, 5) is 11.9. The third kappa shape index (κ3) is 3.74. The Morgan fingerprint density at radius 1 is 1.19 bits per heavy atom. The lowest BCUT2D eigenvalue weighted by molar-refractivity contribution is -0.179. The van der Waals surface area contributed by atoms with E-state index in [1.165, 1.54) is 5.56 Å². The summed E-state index contributed by atoms with van der Waals surface area (Å²) >= 11 is 0. The van der Waals surface area contributed by atoms with Crippen LogP contribution in [0.4, 0.5) is 4.79 Å². The summed E-state index contributed by atoms with van der Waals surface area (Å²) < 4.78 is 16.5. The highest BCUT2D eigenvalue weighted by Crippen LogP contribution is 2.32. The first kappa shape index (κ1) is 14.4. The highest BCUT2D eigenvalue weighted by Gasteiger charge is 2.40. The van der Waals surface area contributed by atoms with Crippen molar-refractivity contribution in [3.05, 3.63) is 35.9 Å². The summed E-state index contributed by atoms with van der Waals surface area (Å²) in [5.41, 5.74) is 1.20. The molecular weight excluding hydrogens is 270 g/mol. The summed E-state index contributed by atoms with van der Waals surface area (Å²) in [7, 11) is 0. The molecule has 3 atom stereocenters. The molecule has 3 unspecified atom stereocenters. The Labute approximate surface area is 124 Å². The monoisotopic (exact) mass is 291 g/mol. The van der Waals surface area contributed by atoms with E-state index >= 15 is 0 Å². The maximum atomic E-state index is 11.9. The Bertz CT molecular complexity index is 465. The molecule has 114 valence electrons. The molecule has 1 aromatic rings. The molecule has 1 N–H and O–H groups in total. The van der Waals surface area contributed by atoms with Crippen molar-refractivity contribution in [1.29, 1.82) is 0 Å². The number of rotatable bonds is 4. The van der Waals surface area contributed by atoms with Crippen molar-refractivity contribution in [2.24, 2.45) is 5.92 Å². The lowest BCUT2D eigenvalue weighted by Gasteiger charge is -2.32. The zero-order valence-corrected chi connectivity index (χ0v) is 12.0. The fourth-order valence-electron chi connectivity index (χ4n) is 2.91. The van der Waals surface area contributed by atoms with Gasteiger partial charge in [-0.2, -0.15) is 0 Å². The summed E-state index contributed by atoms with van der Waals surface area (Å²) in [6.45, 7) is 1.85. The smallest absolute Gasteiger partial charge is 0.407 e. The van der Waals surface area contributed by atoms with E-state index in [-0.39, 0.29) is 24.4 Å². The molecule has 2 aliphatic rings. The van der Waals surface area contributed by atoms with Crippen LogP contribution in [0.25, 0.3) is 0 Å². The highest BCUT2D eigenvalue weighted by molar-refractivity contribution is 5.67. The number of hydrogen-bond acceptors (Lipinski definition) is 4. The first-order valence-corrected chi connectivity index (χ1v) is 7.54. The second-order valence-corrected chi connectivity index (χ2v) is 5.46. The van der Waals surface area contributed by atoms with Crippen LogP contribution in [0.1, 0.15) is 18.4 Å². The number of benzene rings is 1. The molecule has 5 heteroatoms.